The number of carbonyl (C=O) groups excluding carboxylic acids is 1. The molecule has 0 aromatic heterocycles. The summed E-state index contributed by atoms with van der Waals surface area (Å²) in [6, 6.07) is 4.02. The summed E-state index contributed by atoms with van der Waals surface area (Å²) in [5, 5.41) is 11.6. The van der Waals surface area contributed by atoms with E-state index in [0.29, 0.717) is 6.42 Å². The zero-order chi connectivity index (χ0) is 15.3. The van der Waals surface area contributed by atoms with Crippen molar-refractivity contribution in [2.75, 3.05) is 6.54 Å². The van der Waals surface area contributed by atoms with Gasteiger partial charge in [0.1, 0.15) is 5.82 Å². The third kappa shape index (κ3) is 4.92. The van der Waals surface area contributed by atoms with Gasteiger partial charge in [0.15, 0.2) is 0 Å². The highest BCUT2D eigenvalue weighted by atomic mass is 79.9. The van der Waals surface area contributed by atoms with Crippen molar-refractivity contribution in [2.24, 2.45) is 11.8 Å². The number of carbonyl (C=O) groups is 2. The molecule has 1 aromatic carbocycles. The summed E-state index contributed by atoms with van der Waals surface area (Å²) in [6.45, 7) is 3.87. The monoisotopic (exact) mass is 345 g/mol. The number of halogens is 2. The molecule has 0 aliphatic heterocycles. The smallest absolute Gasteiger partial charge is 0.308 e. The Morgan fingerprint density at radius 3 is 2.55 bits per heavy atom. The van der Waals surface area contributed by atoms with Gasteiger partial charge in [-0.25, -0.2) is 4.39 Å². The lowest BCUT2D eigenvalue weighted by atomic mass is 9.97. The van der Waals surface area contributed by atoms with Gasteiger partial charge in [-0.15, -0.1) is 0 Å². The van der Waals surface area contributed by atoms with Crippen LogP contribution in [0, 0.1) is 17.7 Å². The number of carboxylic acids is 1. The molecule has 1 amide bonds. The van der Waals surface area contributed by atoms with E-state index in [1.165, 1.54) is 12.1 Å². The lowest BCUT2D eigenvalue weighted by molar-refractivity contribution is -0.142. The summed E-state index contributed by atoms with van der Waals surface area (Å²) in [4.78, 5) is 22.9. The van der Waals surface area contributed by atoms with Crippen molar-refractivity contribution >= 4 is 27.8 Å². The highest BCUT2D eigenvalue weighted by Gasteiger charge is 2.20. The second-order valence-electron chi connectivity index (χ2n) is 5.00. The Hall–Kier alpha value is -1.43. The van der Waals surface area contributed by atoms with E-state index in [4.69, 9.17) is 5.11 Å². The van der Waals surface area contributed by atoms with E-state index in [9.17, 15) is 14.0 Å². The van der Waals surface area contributed by atoms with Crippen molar-refractivity contribution < 1.29 is 19.1 Å². The van der Waals surface area contributed by atoms with E-state index in [1.807, 2.05) is 13.8 Å². The predicted molar refractivity (Wildman–Crippen MR) is 77.0 cm³/mol. The minimum atomic E-state index is -0.944. The molecule has 6 heteroatoms. The number of hydrogen-bond acceptors (Lipinski definition) is 2. The predicted octanol–water partition coefficient (Wildman–Crippen LogP) is 3.06. The quantitative estimate of drug-likeness (QED) is 0.832. The maximum absolute atomic E-state index is 13.3. The summed E-state index contributed by atoms with van der Waals surface area (Å²) in [5.74, 6) is -2.38. The molecule has 0 fully saturated rings. The van der Waals surface area contributed by atoms with Crippen LogP contribution >= 0.6 is 15.9 Å². The van der Waals surface area contributed by atoms with Crippen molar-refractivity contribution in [3.05, 3.63) is 34.1 Å². The van der Waals surface area contributed by atoms with Crippen LogP contribution in [0.4, 0.5) is 4.39 Å². The van der Waals surface area contributed by atoms with Crippen molar-refractivity contribution in [1.29, 1.82) is 0 Å². The number of nitrogens with one attached hydrogen (secondary N) is 1. The summed E-state index contributed by atoms with van der Waals surface area (Å²) in [7, 11) is 0. The molecule has 110 valence electrons. The molecule has 1 unspecified atom stereocenters. The van der Waals surface area contributed by atoms with Gasteiger partial charge in [-0.1, -0.05) is 13.8 Å². The third-order valence-corrected chi connectivity index (χ3v) is 3.44. The average molecular weight is 346 g/mol. The van der Waals surface area contributed by atoms with Crippen LogP contribution in [0.2, 0.25) is 0 Å². The Morgan fingerprint density at radius 1 is 1.40 bits per heavy atom. The molecule has 0 spiro atoms. The summed E-state index contributed by atoms with van der Waals surface area (Å²) in [6.07, 6.45) is 0.477. The maximum Gasteiger partial charge on any atom is 0.308 e. The van der Waals surface area contributed by atoms with Crippen molar-refractivity contribution in [2.45, 2.75) is 20.3 Å². The average Bonchev–Trinajstić information content (AvgIpc) is 2.36. The maximum atomic E-state index is 13.3. The molecule has 0 saturated heterocycles. The van der Waals surface area contributed by atoms with Crippen molar-refractivity contribution in [3.8, 4) is 0 Å². The van der Waals surface area contributed by atoms with Gasteiger partial charge in [0.25, 0.3) is 5.91 Å². The van der Waals surface area contributed by atoms with Crippen LogP contribution in [0.25, 0.3) is 0 Å². The first kappa shape index (κ1) is 16.6. The van der Waals surface area contributed by atoms with Gasteiger partial charge in [-0.3, -0.25) is 9.59 Å². The van der Waals surface area contributed by atoms with E-state index >= 15 is 0 Å². The molecule has 0 aliphatic rings. The Kier molecular flexibility index (Phi) is 6.13. The second kappa shape index (κ2) is 7.38. The zero-order valence-electron chi connectivity index (χ0n) is 11.3. The fraction of sp³-hybridized carbons (Fsp3) is 0.429. The molecule has 1 aromatic rings. The summed E-state index contributed by atoms with van der Waals surface area (Å²) < 4.78 is 13.6. The Balaban J connectivity index is 2.65. The van der Waals surface area contributed by atoms with E-state index in [2.05, 4.69) is 21.2 Å². The number of benzene rings is 1. The van der Waals surface area contributed by atoms with Crippen LogP contribution in [-0.4, -0.2) is 23.5 Å². The Labute approximate surface area is 125 Å². The SMILES string of the molecule is CC(C)CC(CNC(=O)c1ccc(Br)c(F)c1)C(=O)O. The zero-order valence-corrected chi connectivity index (χ0v) is 12.9. The van der Waals surface area contributed by atoms with Gasteiger partial charge in [0.05, 0.1) is 10.4 Å². The van der Waals surface area contributed by atoms with Crippen molar-refractivity contribution in [1.82, 2.24) is 5.32 Å². The van der Waals surface area contributed by atoms with Gasteiger partial charge >= 0.3 is 5.97 Å². The standard InChI is InChI=1S/C14H17BrFNO3/c1-8(2)5-10(14(19)20)7-17-13(18)9-3-4-11(15)12(16)6-9/h3-4,6,8,10H,5,7H2,1-2H3,(H,17,18)(H,19,20). The molecule has 1 atom stereocenters. The molecule has 20 heavy (non-hydrogen) atoms. The van der Waals surface area contributed by atoms with Crippen LogP contribution in [0.1, 0.15) is 30.6 Å². The number of aliphatic carboxylic acids is 1. The van der Waals surface area contributed by atoms with Gasteiger partial charge in [-0.05, 0) is 46.5 Å². The molecule has 4 nitrogen and oxygen atoms in total. The normalized spacial score (nSPS) is 12.2. The molecule has 1 rings (SSSR count). The molecule has 0 aliphatic carbocycles. The van der Waals surface area contributed by atoms with Crippen molar-refractivity contribution in [3.63, 3.8) is 0 Å². The fourth-order valence-electron chi connectivity index (χ4n) is 1.80. The fourth-order valence-corrected chi connectivity index (χ4v) is 2.04. The van der Waals surface area contributed by atoms with Gasteiger partial charge < -0.3 is 10.4 Å². The lowest BCUT2D eigenvalue weighted by Gasteiger charge is -2.15. The summed E-state index contributed by atoms with van der Waals surface area (Å²) >= 11 is 3.00. The van der Waals surface area contributed by atoms with E-state index < -0.39 is 23.6 Å². The van der Waals surface area contributed by atoms with E-state index in [1.54, 1.807) is 0 Å². The first-order valence-electron chi connectivity index (χ1n) is 6.27. The van der Waals surface area contributed by atoms with Crippen LogP contribution in [0.3, 0.4) is 0 Å². The minimum absolute atomic E-state index is 0.0318. The van der Waals surface area contributed by atoms with Gasteiger partial charge in [0.2, 0.25) is 0 Å². The first-order chi connectivity index (χ1) is 9.31. The molecule has 0 radical (unpaired) electrons. The topological polar surface area (TPSA) is 66.4 Å². The highest BCUT2D eigenvalue weighted by molar-refractivity contribution is 9.10. The van der Waals surface area contributed by atoms with Crippen LogP contribution in [0.15, 0.2) is 22.7 Å². The molecule has 0 heterocycles. The van der Waals surface area contributed by atoms with Crippen LogP contribution < -0.4 is 5.32 Å². The number of amides is 1. The van der Waals surface area contributed by atoms with E-state index in [0.717, 1.165) is 6.07 Å². The first-order valence-corrected chi connectivity index (χ1v) is 7.06. The van der Waals surface area contributed by atoms with Crippen LogP contribution in [0.5, 0.6) is 0 Å². The third-order valence-electron chi connectivity index (χ3n) is 2.80. The van der Waals surface area contributed by atoms with Gasteiger partial charge in [0, 0.05) is 12.1 Å². The number of rotatable bonds is 6. The molecular formula is C14H17BrFNO3. The largest absolute Gasteiger partial charge is 0.481 e. The Morgan fingerprint density at radius 2 is 2.05 bits per heavy atom. The Bertz CT molecular complexity index is 505. The summed E-state index contributed by atoms with van der Waals surface area (Å²) in [5.41, 5.74) is 0.166. The van der Waals surface area contributed by atoms with E-state index in [-0.39, 0.29) is 22.5 Å². The number of hydrogen-bond donors (Lipinski definition) is 2. The van der Waals surface area contributed by atoms with Gasteiger partial charge in [-0.2, -0.15) is 0 Å². The lowest BCUT2D eigenvalue weighted by Crippen LogP contribution is -2.33. The molecule has 0 saturated carbocycles. The minimum Gasteiger partial charge on any atom is -0.481 e. The second-order valence-corrected chi connectivity index (χ2v) is 5.86. The highest BCUT2D eigenvalue weighted by Crippen LogP contribution is 2.16. The molecular weight excluding hydrogens is 329 g/mol. The molecule has 0 bridgehead atoms. The number of carboxylic acid groups (broad SMARTS) is 1. The molecule has 2 N–H and O–H groups in total. The van der Waals surface area contributed by atoms with Crippen LogP contribution in [-0.2, 0) is 4.79 Å².